The monoisotopic (exact) mass is 496 g/mol. The molecule has 0 bridgehead atoms. The van der Waals surface area contributed by atoms with E-state index in [1.54, 1.807) is 18.2 Å². The third kappa shape index (κ3) is 5.87. The van der Waals surface area contributed by atoms with Crippen LogP contribution < -0.4 is 11.1 Å². The molecule has 0 spiro atoms. The quantitative estimate of drug-likeness (QED) is 0.360. The highest BCUT2D eigenvalue weighted by Crippen LogP contribution is 2.40. The maximum atomic E-state index is 13.2. The Morgan fingerprint density at radius 3 is 2.47 bits per heavy atom. The topological polar surface area (TPSA) is 92.4 Å². The molecule has 2 aromatic carbocycles. The first-order valence-corrected chi connectivity index (χ1v) is 12.8. The number of rotatable bonds is 8. The predicted octanol–water partition coefficient (Wildman–Crippen LogP) is 5.93. The summed E-state index contributed by atoms with van der Waals surface area (Å²) >= 11 is 8.05. The lowest BCUT2D eigenvalue weighted by molar-refractivity contribution is -0.127. The van der Waals surface area contributed by atoms with E-state index >= 15 is 0 Å². The first-order chi connectivity index (χ1) is 16.4. The summed E-state index contributed by atoms with van der Waals surface area (Å²) in [5, 5.41) is 12.6. The second kappa shape index (κ2) is 11.2. The molecular formula is C27H29ClN2O3S. The van der Waals surface area contributed by atoms with Gasteiger partial charge in [-0.2, -0.15) is 0 Å². The summed E-state index contributed by atoms with van der Waals surface area (Å²) in [5.74, 6) is -0.380. The molecule has 0 aliphatic heterocycles. The van der Waals surface area contributed by atoms with Crippen LogP contribution in [0.4, 0.5) is 0 Å². The van der Waals surface area contributed by atoms with Crippen molar-refractivity contribution in [3.8, 4) is 11.1 Å². The van der Waals surface area contributed by atoms with Crippen LogP contribution in [0.25, 0.3) is 11.1 Å². The van der Waals surface area contributed by atoms with E-state index in [0.29, 0.717) is 23.2 Å². The van der Waals surface area contributed by atoms with Gasteiger partial charge in [-0.15, -0.1) is 11.3 Å². The van der Waals surface area contributed by atoms with Crippen molar-refractivity contribution >= 4 is 34.8 Å². The normalized spacial score (nSPS) is 18.9. The van der Waals surface area contributed by atoms with Gasteiger partial charge in [0.25, 0.3) is 0 Å². The van der Waals surface area contributed by atoms with Gasteiger partial charge in [-0.25, -0.2) is 4.79 Å². The number of nitrogens with one attached hydrogen (secondary N) is 1. The number of carboxylic acids is 1. The minimum atomic E-state index is -0.980. The number of halogens is 1. The molecule has 1 heterocycles. The van der Waals surface area contributed by atoms with E-state index in [1.807, 2.05) is 30.3 Å². The van der Waals surface area contributed by atoms with Crippen molar-refractivity contribution < 1.29 is 14.7 Å². The maximum Gasteiger partial charge on any atom is 0.335 e. The van der Waals surface area contributed by atoms with E-state index in [1.165, 1.54) is 11.3 Å². The fourth-order valence-electron chi connectivity index (χ4n) is 4.60. The van der Waals surface area contributed by atoms with Gasteiger partial charge in [-0.1, -0.05) is 54.1 Å². The molecule has 4 rings (SSSR count). The zero-order valence-corrected chi connectivity index (χ0v) is 20.4. The molecule has 178 valence electrons. The molecule has 1 atom stereocenters. The van der Waals surface area contributed by atoms with Crippen molar-refractivity contribution in [2.75, 3.05) is 6.54 Å². The Morgan fingerprint density at radius 2 is 1.79 bits per heavy atom. The van der Waals surface area contributed by atoms with Crippen molar-refractivity contribution in [3.05, 3.63) is 81.0 Å². The average molecular weight is 497 g/mol. The Kier molecular flexibility index (Phi) is 8.03. The number of benzene rings is 2. The molecule has 1 amide bonds. The van der Waals surface area contributed by atoms with Gasteiger partial charge in [0, 0.05) is 16.4 Å². The van der Waals surface area contributed by atoms with Crippen molar-refractivity contribution in [2.45, 2.75) is 38.1 Å². The van der Waals surface area contributed by atoms with Gasteiger partial charge in [0.15, 0.2) is 0 Å². The number of carboxylic acid groups (broad SMARTS) is 1. The smallest absolute Gasteiger partial charge is 0.335 e. The van der Waals surface area contributed by atoms with Gasteiger partial charge in [0.2, 0.25) is 5.91 Å². The number of thiophene rings is 1. The van der Waals surface area contributed by atoms with Crippen molar-refractivity contribution in [1.29, 1.82) is 0 Å². The van der Waals surface area contributed by atoms with Crippen LogP contribution in [0.5, 0.6) is 0 Å². The van der Waals surface area contributed by atoms with Gasteiger partial charge in [0.05, 0.1) is 11.6 Å². The van der Waals surface area contributed by atoms with Crippen LogP contribution in [0, 0.1) is 11.8 Å². The van der Waals surface area contributed by atoms with E-state index in [4.69, 9.17) is 17.3 Å². The Bertz CT molecular complexity index is 1140. The minimum Gasteiger partial charge on any atom is -0.478 e. The van der Waals surface area contributed by atoms with E-state index < -0.39 is 5.97 Å². The van der Waals surface area contributed by atoms with Crippen LogP contribution in [0.1, 0.15) is 52.5 Å². The van der Waals surface area contributed by atoms with Gasteiger partial charge < -0.3 is 16.2 Å². The molecule has 1 fully saturated rings. The molecule has 1 unspecified atom stereocenters. The molecule has 7 heteroatoms. The first-order valence-electron chi connectivity index (χ1n) is 11.6. The highest BCUT2D eigenvalue weighted by atomic mass is 35.5. The molecule has 4 N–H and O–H groups in total. The molecule has 1 aromatic heterocycles. The summed E-state index contributed by atoms with van der Waals surface area (Å²) in [6.45, 7) is 0.685. The lowest BCUT2D eigenvalue weighted by Crippen LogP contribution is -2.37. The van der Waals surface area contributed by atoms with Gasteiger partial charge in [-0.3, -0.25) is 4.79 Å². The lowest BCUT2D eigenvalue weighted by atomic mass is 9.81. The Balaban J connectivity index is 1.59. The highest BCUT2D eigenvalue weighted by molar-refractivity contribution is 7.16. The van der Waals surface area contributed by atoms with Crippen LogP contribution >= 0.6 is 22.9 Å². The lowest BCUT2D eigenvalue weighted by Gasteiger charge is -2.28. The molecule has 5 nitrogen and oxygen atoms in total. The molecule has 0 radical (unpaired) electrons. The second-order valence-corrected chi connectivity index (χ2v) is 10.6. The average Bonchev–Trinajstić information content (AvgIpc) is 3.26. The number of carbonyl (C=O) groups is 2. The van der Waals surface area contributed by atoms with Crippen molar-refractivity contribution in [1.82, 2.24) is 5.32 Å². The summed E-state index contributed by atoms with van der Waals surface area (Å²) in [6, 6.07) is 18.6. The fourth-order valence-corrected chi connectivity index (χ4v) is 5.98. The Hall–Kier alpha value is -2.67. The molecule has 34 heavy (non-hydrogen) atoms. The standard InChI is InChI=1S/C27H29ClN2O3S/c28-25-22(20-7-4-8-21(14-20)27(32)33)15-24(34-25)23(13-17-5-2-1-3-6-17)30-26(31)19-11-9-18(16-29)10-12-19/h1-8,14-15,18-19,23H,9-13,16,29H2,(H,30,31)(H,32,33)/t18-,19-,23?. The molecule has 1 saturated carbocycles. The number of nitrogens with two attached hydrogens (primary N) is 1. The number of carbonyl (C=O) groups excluding carboxylic acids is 1. The molecule has 3 aromatic rings. The Morgan fingerprint density at radius 1 is 1.06 bits per heavy atom. The Labute approximate surface area is 209 Å². The van der Waals surface area contributed by atoms with E-state index in [2.05, 4.69) is 17.4 Å². The van der Waals surface area contributed by atoms with E-state index in [9.17, 15) is 14.7 Å². The molecule has 1 aliphatic rings. The van der Waals surface area contributed by atoms with Gasteiger partial charge >= 0.3 is 5.97 Å². The highest BCUT2D eigenvalue weighted by Gasteiger charge is 2.28. The van der Waals surface area contributed by atoms with E-state index in [0.717, 1.165) is 47.3 Å². The summed E-state index contributed by atoms with van der Waals surface area (Å²) < 4.78 is 0.577. The van der Waals surface area contributed by atoms with Crippen LogP contribution in [-0.2, 0) is 11.2 Å². The number of hydrogen-bond acceptors (Lipinski definition) is 4. The van der Waals surface area contributed by atoms with Crippen molar-refractivity contribution in [3.63, 3.8) is 0 Å². The number of aromatic carboxylic acids is 1. The summed E-state index contributed by atoms with van der Waals surface area (Å²) in [4.78, 5) is 25.6. The second-order valence-electron chi connectivity index (χ2n) is 8.93. The SMILES string of the molecule is NC[C@H]1CC[C@H](C(=O)NC(Cc2ccccc2)c2cc(-c3cccc(C(=O)O)c3)c(Cl)s2)CC1. The maximum absolute atomic E-state index is 13.2. The van der Waals surface area contributed by atoms with Crippen LogP contribution in [0.3, 0.4) is 0 Å². The predicted molar refractivity (Wildman–Crippen MR) is 137 cm³/mol. The molecular weight excluding hydrogens is 468 g/mol. The molecule has 0 saturated heterocycles. The van der Waals surface area contributed by atoms with E-state index in [-0.39, 0.29) is 23.4 Å². The number of amides is 1. The summed E-state index contributed by atoms with van der Waals surface area (Å²) in [7, 11) is 0. The number of hydrogen-bond donors (Lipinski definition) is 3. The summed E-state index contributed by atoms with van der Waals surface area (Å²) in [5.41, 5.74) is 8.67. The van der Waals surface area contributed by atoms with Crippen LogP contribution in [0.2, 0.25) is 4.34 Å². The fraction of sp³-hybridized carbons (Fsp3) is 0.333. The molecule has 1 aliphatic carbocycles. The van der Waals surface area contributed by atoms with Gasteiger partial charge in [0.1, 0.15) is 4.34 Å². The zero-order valence-electron chi connectivity index (χ0n) is 18.9. The summed E-state index contributed by atoms with van der Waals surface area (Å²) in [6.07, 6.45) is 4.37. The van der Waals surface area contributed by atoms with Gasteiger partial charge in [-0.05, 0) is 73.9 Å². The minimum absolute atomic E-state index is 0.00299. The van der Waals surface area contributed by atoms with Crippen LogP contribution in [0.15, 0.2) is 60.7 Å². The van der Waals surface area contributed by atoms with Crippen molar-refractivity contribution in [2.24, 2.45) is 17.6 Å². The van der Waals surface area contributed by atoms with Crippen LogP contribution in [-0.4, -0.2) is 23.5 Å². The zero-order chi connectivity index (χ0) is 24.1. The first kappa shape index (κ1) is 24.5. The third-order valence-corrected chi connectivity index (χ3v) is 8.09. The third-order valence-electron chi connectivity index (χ3n) is 6.62. The largest absolute Gasteiger partial charge is 0.478 e.